The number of aryl methyl sites for hydroxylation is 1. The van der Waals surface area contributed by atoms with Crippen molar-refractivity contribution in [1.82, 2.24) is 15.0 Å². The maximum atomic E-state index is 12.9. The lowest BCUT2D eigenvalue weighted by atomic mass is 10.0. The molecule has 0 radical (unpaired) electrons. The first-order valence-electron chi connectivity index (χ1n) is 9.14. The summed E-state index contributed by atoms with van der Waals surface area (Å²) in [7, 11) is 5.19. The van der Waals surface area contributed by atoms with Crippen LogP contribution < -0.4 is 9.47 Å². The molecule has 1 aromatic heterocycles. The zero-order valence-corrected chi connectivity index (χ0v) is 16.4. The van der Waals surface area contributed by atoms with Crippen LogP contribution in [-0.2, 0) is 11.3 Å². The Morgan fingerprint density at radius 1 is 1.33 bits per heavy atom. The maximum absolute atomic E-state index is 12.9. The molecule has 0 aliphatic carbocycles. The van der Waals surface area contributed by atoms with Crippen molar-refractivity contribution in [3.63, 3.8) is 0 Å². The first kappa shape index (κ1) is 19.2. The number of likely N-dealkylation sites (tertiary alicyclic amines) is 1. The fourth-order valence-electron chi connectivity index (χ4n) is 3.63. The second-order valence-electron chi connectivity index (χ2n) is 6.95. The number of carbonyl (C=O) groups is 1. The predicted octanol–water partition coefficient (Wildman–Crippen LogP) is 2.80. The lowest BCUT2D eigenvalue weighted by molar-refractivity contribution is -0.133. The van der Waals surface area contributed by atoms with Crippen molar-refractivity contribution in [2.24, 2.45) is 0 Å². The molecule has 2 heterocycles. The van der Waals surface area contributed by atoms with Gasteiger partial charge in [0.2, 0.25) is 5.91 Å². The van der Waals surface area contributed by atoms with Crippen LogP contribution in [0.15, 0.2) is 28.8 Å². The van der Waals surface area contributed by atoms with Gasteiger partial charge >= 0.3 is 0 Å². The average Bonchev–Trinajstić information content (AvgIpc) is 3.30. The van der Waals surface area contributed by atoms with Crippen LogP contribution in [0.1, 0.15) is 35.9 Å². The number of hydrogen-bond donors (Lipinski definition) is 0. The normalized spacial score (nSPS) is 16.8. The van der Waals surface area contributed by atoms with Crippen LogP contribution in [0, 0.1) is 6.92 Å². The molecule has 3 rings (SSSR count). The Morgan fingerprint density at radius 2 is 2.15 bits per heavy atom. The molecule has 0 N–H and O–H groups in total. The van der Waals surface area contributed by atoms with Crippen LogP contribution in [0.2, 0.25) is 0 Å². The second kappa shape index (κ2) is 8.43. The first-order chi connectivity index (χ1) is 13.0. The third kappa shape index (κ3) is 4.42. The Bertz CT molecular complexity index is 789. The van der Waals surface area contributed by atoms with E-state index in [-0.39, 0.29) is 11.9 Å². The van der Waals surface area contributed by atoms with E-state index in [0.717, 1.165) is 47.9 Å². The molecule has 146 valence electrons. The van der Waals surface area contributed by atoms with Crippen LogP contribution in [0.3, 0.4) is 0 Å². The number of hydrogen-bond acceptors (Lipinski definition) is 6. The van der Waals surface area contributed by atoms with Gasteiger partial charge in [0.05, 0.1) is 32.5 Å². The minimum absolute atomic E-state index is 0.0288. The van der Waals surface area contributed by atoms with Crippen LogP contribution in [0.5, 0.6) is 11.5 Å². The molecule has 0 bridgehead atoms. The van der Waals surface area contributed by atoms with Gasteiger partial charge in [-0.15, -0.1) is 0 Å². The Labute approximate surface area is 159 Å². The van der Waals surface area contributed by atoms with Gasteiger partial charge in [-0.25, -0.2) is 0 Å². The molecule has 1 aliphatic rings. The van der Waals surface area contributed by atoms with Crippen molar-refractivity contribution >= 4 is 5.91 Å². The average molecular weight is 373 g/mol. The topological polar surface area (TPSA) is 68.0 Å². The van der Waals surface area contributed by atoms with E-state index in [9.17, 15) is 4.79 Å². The Kier molecular flexibility index (Phi) is 6.01. The van der Waals surface area contributed by atoms with Crippen LogP contribution in [0.25, 0.3) is 0 Å². The van der Waals surface area contributed by atoms with Crippen LogP contribution in [-0.4, -0.2) is 55.2 Å². The summed E-state index contributed by atoms with van der Waals surface area (Å²) in [5.74, 6) is 2.38. The summed E-state index contributed by atoms with van der Waals surface area (Å²) in [5.41, 5.74) is 1.86. The van der Waals surface area contributed by atoms with Gasteiger partial charge in [0.1, 0.15) is 17.3 Å². The van der Waals surface area contributed by atoms with E-state index in [1.807, 2.05) is 48.0 Å². The summed E-state index contributed by atoms with van der Waals surface area (Å²) in [5, 5.41) is 3.99. The molecule has 0 spiro atoms. The molecular formula is C20H27N3O4. The number of methoxy groups -OCH3 is 2. The summed E-state index contributed by atoms with van der Waals surface area (Å²) >= 11 is 0. The molecule has 1 aromatic carbocycles. The summed E-state index contributed by atoms with van der Waals surface area (Å²) in [6.45, 7) is 3.53. The number of benzene rings is 1. The summed E-state index contributed by atoms with van der Waals surface area (Å²) in [4.78, 5) is 16.8. The summed E-state index contributed by atoms with van der Waals surface area (Å²) in [6.07, 6.45) is 1.92. The molecular weight excluding hydrogens is 346 g/mol. The highest BCUT2D eigenvalue weighted by molar-refractivity contribution is 5.79. The van der Waals surface area contributed by atoms with Crippen LogP contribution in [0.4, 0.5) is 0 Å². The molecule has 0 saturated carbocycles. The summed E-state index contributed by atoms with van der Waals surface area (Å²) < 4.78 is 15.9. The molecule has 1 aliphatic heterocycles. The molecule has 1 saturated heterocycles. The number of nitrogens with zero attached hydrogens (tertiary/aromatic N) is 3. The predicted molar refractivity (Wildman–Crippen MR) is 101 cm³/mol. The fourth-order valence-corrected chi connectivity index (χ4v) is 3.63. The van der Waals surface area contributed by atoms with Crippen molar-refractivity contribution in [3.8, 4) is 11.5 Å². The number of carbonyl (C=O) groups excluding carboxylic acids is 1. The van der Waals surface area contributed by atoms with Crippen molar-refractivity contribution in [1.29, 1.82) is 0 Å². The highest BCUT2D eigenvalue weighted by Crippen LogP contribution is 2.38. The highest BCUT2D eigenvalue weighted by Gasteiger charge is 2.32. The molecule has 2 aromatic rings. The largest absolute Gasteiger partial charge is 0.497 e. The van der Waals surface area contributed by atoms with Gasteiger partial charge in [0.25, 0.3) is 0 Å². The number of likely N-dealkylation sites (N-methyl/N-ethyl adjacent to an activating group) is 1. The van der Waals surface area contributed by atoms with Crippen molar-refractivity contribution in [3.05, 3.63) is 41.3 Å². The fraction of sp³-hybridized carbons (Fsp3) is 0.500. The first-order valence-corrected chi connectivity index (χ1v) is 9.14. The van der Waals surface area contributed by atoms with E-state index >= 15 is 0 Å². The van der Waals surface area contributed by atoms with Gasteiger partial charge in [-0.2, -0.15) is 0 Å². The standard InChI is InChI=1S/C20H27N3O4/c1-14-10-15(21-27-14)12-22(2)13-20(24)23-9-5-6-18(23)17-8-7-16(25-3)11-19(17)26-4/h7-8,10-11,18H,5-6,9,12-13H2,1-4H3. The number of aromatic nitrogens is 1. The molecule has 7 heteroatoms. The Balaban J connectivity index is 1.69. The van der Waals surface area contributed by atoms with Gasteiger partial charge in [-0.1, -0.05) is 5.16 Å². The van der Waals surface area contributed by atoms with Gasteiger partial charge in [-0.3, -0.25) is 9.69 Å². The molecule has 7 nitrogen and oxygen atoms in total. The van der Waals surface area contributed by atoms with E-state index in [1.165, 1.54) is 0 Å². The zero-order chi connectivity index (χ0) is 19.4. The molecule has 1 amide bonds. The van der Waals surface area contributed by atoms with E-state index < -0.39 is 0 Å². The van der Waals surface area contributed by atoms with Gasteiger partial charge in [0, 0.05) is 30.8 Å². The number of ether oxygens (including phenoxy) is 2. The quantitative estimate of drug-likeness (QED) is 0.743. The smallest absolute Gasteiger partial charge is 0.237 e. The van der Waals surface area contributed by atoms with Crippen molar-refractivity contribution in [2.45, 2.75) is 32.4 Å². The highest BCUT2D eigenvalue weighted by atomic mass is 16.5. The minimum Gasteiger partial charge on any atom is -0.497 e. The third-order valence-electron chi connectivity index (χ3n) is 4.89. The van der Waals surface area contributed by atoms with Gasteiger partial charge in [-0.05, 0) is 38.9 Å². The SMILES string of the molecule is COc1ccc(C2CCCN2C(=O)CN(C)Cc2cc(C)on2)c(OC)c1. The van der Waals surface area contributed by atoms with Gasteiger partial charge < -0.3 is 18.9 Å². The van der Waals surface area contributed by atoms with Crippen molar-refractivity contribution < 1.29 is 18.8 Å². The van der Waals surface area contributed by atoms with E-state index in [4.69, 9.17) is 14.0 Å². The zero-order valence-electron chi connectivity index (χ0n) is 16.4. The molecule has 1 atom stereocenters. The van der Waals surface area contributed by atoms with E-state index in [0.29, 0.717) is 13.1 Å². The Morgan fingerprint density at radius 3 is 2.81 bits per heavy atom. The van der Waals surface area contributed by atoms with E-state index in [2.05, 4.69) is 5.16 Å². The lowest BCUT2D eigenvalue weighted by Gasteiger charge is -2.28. The lowest BCUT2D eigenvalue weighted by Crippen LogP contribution is -2.38. The minimum atomic E-state index is 0.0288. The maximum Gasteiger partial charge on any atom is 0.237 e. The number of amides is 1. The summed E-state index contributed by atoms with van der Waals surface area (Å²) in [6, 6.07) is 7.70. The molecule has 1 fully saturated rings. The third-order valence-corrected chi connectivity index (χ3v) is 4.89. The van der Waals surface area contributed by atoms with Crippen LogP contribution >= 0.6 is 0 Å². The molecule has 1 unspecified atom stereocenters. The Hall–Kier alpha value is -2.54. The van der Waals surface area contributed by atoms with Crippen molar-refractivity contribution in [2.75, 3.05) is 34.4 Å². The monoisotopic (exact) mass is 373 g/mol. The number of rotatable bonds is 7. The van der Waals surface area contributed by atoms with E-state index in [1.54, 1.807) is 14.2 Å². The van der Waals surface area contributed by atoms with Gasteiger partial charge in [0.15, 0.2) is 0 Å². The molecule has 27 heavy (non-hydrogen) atoms. The second-order valence-corrected chi connectivity index (χ2v) is 6.95.